The number of carbonyl (C=O) groups excluding carboxylic acids is 3. The van der Waals surface area contributed by atoms with Crippen LogP contribution in [0.4, 0.5) is 0 Å². The molecule has 6 nitrogen and oxygen atoms in total. The van der Waals surface area contributed by atoms with Crippen molar-refractivity contribution in [1.82, 2.24) is 0 Å². The van der Waals surface area contributed by atoms with Gasteiger partial charge in [0.1, 0.15) is 13.2 Å². The molecule has 0 aromatic heterocycles. The van der Waals surface area contributed by atoms with Crippen molar-refractivity contribution in [3.8, 4) is 0 Å². The molecule has 0 aromatic rings. The molecule has 0 N–H and O–H groups in total. The quantitative estimate of drug-likeness (QED) is 0.0261. The Hall–Kier alpha value is -3.93. The van der Waals surface area contributed by atoms with Crippen LogP contribution in [0.3, 0.4) is 0 Å². The summed E-state index contributed by atoms with van der Waals surface area (Å²) in [5, 5.41) is 0. The first-order valence-electron chi connectivity index (χ1n) is 30.4. The fourth-order valence-electron chi connectivity index (χ4n) is 8.18. The summed E-state index contributed by atoms with van der Waals surface area (Å²) in [6, 6.07) is 0. The molecule has 0 heterocycles. The second-order valence-corrected chi connectivity index (χ2v) is 19.9. The molecule has 0 amide bonds. The van der Waals surface area contributed by atoms with Crippen molar-refractivity contribution in [2.75, 3.05) is 13.2 Å². The highest BCUT2D eigenvalue weighted by Gasteiger charge is 2.19. The first kappa shape index (κ1) is 69.1. The Kier molecular flexibility index (Phi) is 57.4. The van der Waals surface area contributed by atoms with Crippen molar-refractivity contribution in [2.24, 2.45) is 0 Å². The van der Waals surface area contributed by atoms with Crippen LogP contribution in [-0.2, 0) is 28.6 Å². The largest absolute Gasteiger partial charge is 0.462 e. The molecule has 0 aliphatic rings. The minimum absolute atomic E-state index is 0.102. The molecule has 416 valence electrons. The Morgan fingerprint density at radius 3 is 0.890 bits per heavy atom. The van der Waals surface area contributed by atoms with Gasteiger partial charge in [-0.25, -0.2) is 0 Å². The number of rotatable bonds is 54. The predicted molar refractivity (Wildman–Crippen MR) is 316 cm³/mol. The van der Waals surface area contributed by atoms with Gasteiger partial charge in [0.2, 0.25) is 0 Å². The van der Waals surface area contributed by atoms with Gasteiger partial charge in [0.05, 0.1) is 0 Å². The molecule has 0 saturated carbocycles. The van der Waals surface area contributed by atoms with E-state index in [2.05, 4.69) is 130 Å². The highest BCUT2D eigenvalue weighted by molar-refractivity contribution is 5.71. The minimum Gasteiger partial charge on any atom is -0.462 e. The number of allylic oxidation sites excluding steroid dienone is 18. The first-order chi connectivity index (χ1) is 36.0. The van der Waals surface area contributed by atoms with Gasteiger partial charge in [-0.3, -0.25) is 14.4 Å². The van der Waals surface area contributed by atoms with E-state index in [0.717, 1.165) is 116 Å². The number of hydrogen-bond donors (Lipinski definition) is 0. The highest BCUT2D eigenvalue weighted by Crippen LogP contribution is 2.14. The summed E-state index contributed by atoms with van der Waals surface area (Å²) >= 11 is 0. The molecular weight excluding hydrogens is 901 g/mol. The Morgan fingerprint density at radius 1 is 0.288 bits per heavy atom. The van der Waals surface area contributed by atoms with Gasteiger partial charge in [-0.1, -0.05) is 239 Å². The molecule has 0 rings (SSSR count). The van der Waals surface area contributed by atoms with E-state index >= 15 is 0 Å². The van der Waals surface area contributed by atoms with Crippen molar-refractivity contribution >= 4 is 17.9 Å². The summed E-state index contributed by atoms with van der Waals surface area (Å²) in [6.07, 6.45) is 82.2. The smallest absolute Gasteiger partial charge is 0.306 e. The van der Waals surface area contributed by atoms with Crippen LogP contribution in [0.2, 0.25) is 0 Å². The summed E-state index contributed by atoms with van der Waals surface area (Å²) in [5.74, 6) is -0.960. The van der Waals surface area contributed by atoms with Crippen LogP contribution < -0.4 is 0 Å². The summed E-state index contributed by atoms with van der Waals surface area (Å²) in [4.78, 5) is 38.2. The SMILES string of the molecule is CC/C=C\C/C=C\C/C=C\C/C=C\C/C=C\C/C=C\CCCCC(=O)OCC(COC(=O)CCCCCCC/C=C\C/C=C\CCCCCC)OC(=O)CCCCCCCCC/C=C\CCCCCCCCC. The van der Waals surface area contributed by atoms with Gasteiger partial charge in [-0.05, 0) is 128 Å². The van der Waals surface area contributed by atoms with E-state index in [1.165, 1.54) is 116 Å². The number of carbonyl (C=O) groups is 3. The van der Waals surface area contributed by atoms with E-state index in [9.17, 15) is 14.4 Å². The van der Waals surface area contributed by atoms with Crippen molar-refractivity contribution in [1.29, 1.82) is 0 Å². The van der Waals surface area contributed by atoms with Gasteiger partial charge in [0.25, 0.3) is 0 Å². The predicted octanol–water partition coefficient (Wildman–Crippen LogP) is 20.7. The average molecular weight is 1010 g/mol. The van der Waals surface area contributed by atoms with Crippen LogP contribution in [0.15, 0.2) is 109 Å². The lowest BCUT2D eigenvalue weighted by Crippen LogP contribution is -2.30. The third-order valence-corrected chi connectivity index (χ3v) is 12.7. The fraction of sp³-hybridized carbons (Fsp3) is 0.687. The van der Waals surface area contributed by atoms with E-state index in [4.69, 9.17) is 14.2 Å². The minimum atomic E-state index is -0.807. The Labute approximate surface area is 450 Å². The third-order valence-electron chi connectivity index (χ3n) is 12.7. The average Bonchev–Trinajstić information content (AvgIpc) is 3.39. The molecule has 0 fully saturated rings. The molecule has 0 spiro atoms. The molecule has 0 saturated heterocycles. The van der Waals surface area contributed by atoms with Gasteiger partial charge < -0.3 is 14.2 Å². The van der Waals surface area contributed by atoms with E-state index < -0.39 is 6.10 Å². The van der Waals surface area contributed by atoms with Gasteiger partial charge in [-0.15, -0.1) is 0 Å². The van der Waals surface area contributed by atoms with Crippen LogP contribution in [0.5, 0.6) is 0 Å². The normalized spacial score (nSPS) is 12.9. The van der Waals surface area contributed by atoms with E-state index in [-0.39, 0.29) is 31.1 Å². The van der Waals surface area contributed by atoms with Crippen molar-refractivity contribution in [2.45, 2.75) is 284 Å². The first-order valence-corrected chi connectivity index (χ1v) is 30.4. The van der Waals surface area contributed by atoms with E-state index in [1.54, 1.807) is 0 Å². The summed E-state index contributed by atoms with van der Waals surface area (Å²) < 4.78 is 16.9. The second-order valence-electron chi connectivity index (χ2n) is 19.9. The molecule has 0 aromatic carbocycles. The Balaban J connectivity index is 4.50. The monoisotopic (exact) mass is 1010 g/mol. The zero-order valence-electron chi connectivity index (χ0n) is 47.6. The topological polar surface area (TPSA) is 78.9 Å². The molecule has 0 aliphatic heterocycles. The maximum atomic E-state index is 12.9. The number of esters is 3. The molecule has 0 radical (unpaired) electrons. The van der Waals surface area contributed by atoms with Crippen molar-refractivity contribution < 1.29 is 28.6 Å². The summed E-state index contributed by atoms with van der Waals surface area (Å²) in [6.45, 7) is 6.47. The number of unbranched alkanes of at least 4 members (excludes halogenated alkanes) is 25. The molecule has 1 atom stereocenters. The van der Waals surface area contributed by atoms with Gasteiger partial charge in [-0.2, -0.15) is 0 Å². The van der Waals surface area contributed by atoms with Crippen molar-refractivity contribution in [3.63, 3.8) is 0 Å². The van der Waals surface area contributed by atoms with Crippen LogP contribution in [-0.4, -0.2) is 37.2 Å². The third kappa shape index (κ3) is 58.8. The van der Waals surface area contributed by atoms with Crippen LogP contribution in [0, 0.1) is 0 Å². The van der Waals surface area contributed by atoms with E-state index in [1.807, 2.05) is 0 Å². The van der Waals surface area contributed by atoms with E-state index in [0.29, 0.717) is 25.7 Å². The zero-order valence-corrected chi connectivity index (χ0v) is 47.6. The molecular formula is C67H112O6. The van der Waals surface area contributed by atoms with Gasteiger partial charge in [0.15, 0.2) is 6.10 Å². The fourth-order valence-corrected chi connectivity index (χ4v) is 8.18. The summed E-state index contributed by atoms with van der Waals surface area (Å²) in [5.41, 5.74) is 0. The lowest BCUT2D eigenvalue weighted by atomic mass is 10.1. The molecule has 73 heavy (non-hydrogen) atoms. The lowest BCUT2D eigenvalue weighted by Gasteiger charge is -2.18. The molecule has 0 aliphatic carbocycles. The number of hydrogen-bond acceptors (Lipinski definition) is 6. The van der Waals surface area contributed by atoms with Crippen molar-refractivity contribution in [3.05, 3.63) is 109 Å². The standard InChI is InChI=1S/C67H112O6/c1-4-7-10-13-16-19-22-25-28-31-33-34-35-37-39-42-45-48-51-54-57-60-66(69)72-63-64(62-71-65(68)59-56-53-50-47-44-41-38-30-27-24-21-18-15-12-9-6-3)73-67(70)61-58-55-52-49-46-43-40-36-32-29-26-23-20-17-14-11-8-5-2/h7,10,16,19,21,24-25,28-30,32-34,37-39,45,48,64H,4-6,8-9,11-15,17-18,20,22-23,26-27,31,35-36,40-44,46-47,49-63H2,1-3H3/b10-7-,19-16-,24-21-,28-25-,32-29-,34-33-,38-30-,39-37-,48-45-. The van der Waals surface area contributed by atoms with Crippen LogP contribution in [0.25, 0.3) is 0 Å². The second kappa shape index (κ2) is 60.6. The Bertz CT molecular complexity index is 1490. The van der Waals surface area contributed by atoms with Crippen LogP contribution >= 0.6 is 0 Å². The number of ether oxygens (including phenoxy) is 3. The zero-order chi connectivity index (χ0) is 52.9. The summed E-state index contributed by atoms with van der Waals surface area (Å²) in [7, 11) is 0. The van der Waals surface area contributed by atoms with Gasteiger partial charge in [0, 0.05) is 19.3 Å². The van der Waals surface area contributed by atoms with Gasteiger partial charge >= 0.3 is 17.9 Å². The van der Waals surface area contributed by atoms with Crippen LogP contribution in [0.1, 0.15) is 278 Å². The maximum absolute atomic E-state index is 12.9. The molecule has 0 bridgehead atoms. The highest BCUT2D eigenvalue weighted by atomic mass is 16.6. The maximum Gasteiger partial charge on any atom is 0.306 e. The lowest BCUT2D eigenvalue weighted by molar-refractivity contribution is -0.167. The molecule has 6 heteroatoms. The molecule has 1 unspecified atom stereocenters. The Morgan fingerprint density at radius 2 is 0.534 bits per heavy atom.